The summed E-state index contributed by atoms with van der Waals surface area (Å²) in [5.41, 5.74) is 7.08. The second-order valence-electron chi connectivity index (χ2n) is 10.3. The lowest BCUT2D eigenvalue weighted by atomic mass is 9.88. The first-order valence-corrected chi connectivity index (χ1v) is 13.1. The number of ketones is 1. The Morgan fingerprint density at radius 2 is 1.66 bits per heavy atom. The molecule has 0 bridgehead atoms. The molecule has 1 amide bonds. The van der Waals surface area contributed by atoms with Crippen molar-refractivity contribution in [2.24, 2.45) is 7.05 Å². The van der Waals surface area contributed by atoms with E-state index in [1.165, 1.54) is 23.8 Å². The molecule has 2 heterocycles. The Morgan fingerprint density at radius 3 is 2.32 bits per heavy atom. The van der Waals surface area contributed by atoms with E-state index < -0.39 is 0 Å². The van der Waals surface area contributed by atoms with Crippen LogP contribution < -0.4 is 0 Å². The lowest BCUT2D eigenvalue weighted by Crippen LogP contribution is -2.38. The minimum atomic E-state index is -0.353. The number of aromatic nitrogens is 2. The van der Waals surface area contributed by atoms with Crippen LogP contribution in [0.1, 0.15) is 61.7 Å². The Balaban J connectivity index is 1.22. The molecule has 3 aromatic carbocycles. The molecule has 4 aromatic rings. The summed E-state index contributed by atoms with van der Waals surface area (Å²) < 4.78 is 15.3. The van der Waals surface area contributed by atoms with E-state index in [-0.39, 0.29) is 23.9 Å². The molecule has 38 heavy (non-hydrogen) atoms. The average molecular weight is 510 g/mol. The second kappa shape index (κ2) is 10.7. The second-order valence-corrected chi connectivity index (χ2v) is 10.3. The molecule has 0 spiro atoms. The zero-order valence-corrected chi connectivity index (χ0v) is 22.1. The van der Waals surface area contributed by atoms with Crippen LogP contribution in [0.15, 0.2) is 73.1 Å². The van der Waals surface area contributed by atoms with Crippen LogP contribution in [-0.4, -0.2) is 39.5 Å². The van der Waals surface area contributed by atoms with Crippen molar-refractivity contribution in [2.45, 2.75) is 39.0 Å². The zero-order valence-electron chi connectivity index (χ0n) is 22.1. The van der Waals surface area contributed by atoms with E-state index in [0.29, 0.717) is 35.7 Å². The first-order valence-electron chi connectivity index (χ1n) is 13.1. The van der Waals surface area contributed by atoms with Crippen molar-refractivity contribution in [3.63, 3.8) is 0 Å². The van der Waals surface area contributed by atoms with Crippen LogP contribution in [0.3, 0.4) is 0 Å². The Bertz CT molecular complexity index is 1480. The molecule has 0 saturated carbocycles. The maximum atomic E-state index is 13.5. The normalized spacial score (nSPS) is 14.1. The summed E-state index contributed by atoms with van der Waals surface area (Å²) in [6, 6.07) is 18.5. The Hall–Kier alpha value is -4.06. The summed E-state index contributed by atoms with van der Waals surface area (Å²) >= 11 is 0. The molecule has 194 valence electrons. The molecule has 6 heteroatoms. The van der Waals surface area contributed by atoms with Gasteiger partial charge in [-0.3, -0.25) is 14.3 Å². The van der Waals surface area contributed by atoms with E-state index in [1.807, 2.05) is 49.5 Å². The smallest absolute Gasteiger partial charge is 0.253 e. The van der Waals surface area contributed by atoms with Gasteiger partial charge >= 0.3 is 0 Å². The van der Waals surface area contributed by atoms with Crippen molar-refractivity contribution in [2.75, 3.05) is 13.1 Å². The molecular weight excluding hydrogens is 477 g/mol. The fraction of sp³-hybridized carbons (Fsp3) is 0.281. The Kier molecular flexibility index (Phi) is 7.23. The van der Waals surface area contributed by atoms with Crippen LogP contribution in [0.5, 0.6) is 0 Å². The van der Waals surface area contributed by atoms with Crippen molar-refractivity contribution in [3.05, 3.63) is 112 Å². The van der Waals surface area contributed by atoms with Gasteiger partial charge in [-0.05, 0) is 90.8 Å². The van der Waals surface area contributed by atoms with Gasteiger partial charge in [0.05, 0.1) is 6.20 Å². The summed E-state index contributed by atoms with van der Waals surface area (Å²) in [6.07, 6.45) is 5.89. The highest BCUT2D eigenvalue weighted by Gasteiger charge is 2.25. The maximum Gasteiger partial charge on any atom is 0.253 e. The molecule has 1 saturated heterocycles. The number of piperidine rings is 1. The van der Waals surface area contributed by atoms with Crippen LogP contribution in [0, 0.1) is 19.7 Å². The minimum Gasteiger partial charge on any atom is -0.339 e. The third-order valence-electron chi connectivity index (χ3n) is 7.64. The molecule has 0 unspecified atom stereocenters. The standard InChI is InChI=1S/C32H32FN3O2/c1-21-4-5-26(17-27(21)18-31(37)30-11-10-29(33)16-22(30)2)32(38)36-14-12-25(13-15-36)23-6-8-24(9-7-23)28-19-34-35(3)20-28/h4-11,16-17,19-20,25H,12-15,18H2,1-3H3. The topological polar surface area (TPSA) is 55.2 Å². The monoisotopic (exact) mass is 509 g/mol. The van der Waals surface area contributed by atoms with Gasteiger partial charge in [-0.2, -0.15) is 5.10 Å². The van der Waals surface area contributed by atoms with Crippen molar-refractivity contribution in [3.8, 4) is 11.1 Å². The number of likely N-dealkylation sites (tertiary alicyclic amines) is 1. The number of aryl methyl sites for hydroxylation is 3. The Labute approximate surface area is 222 Å². The minimum absolute atomic E-state index is 0.00189. The quantitative estimate of drug-likeness (QED) is 0.287. The van der Waals surface area contributed by atoms with Gasteiger partial charge in [-0.1, -0.05) is 30.3 Å². The van der Waals surface area contributed by atoms with Crippen LogP contribution in [-0.2, 0) is 13.5 Å². The molecule has 1 aliphatic heterocycles. The third kappa shape index (κ3) is 5.44. The lowest BCUT2D eigenvalue weighted by molar-refractivity contribution is 0.0712. The average Bonchev–Trinajstić information content (AvgIpc) is 3.36. The molecule has 0 radical (unpaired) electrons. The van der Waals surface area contributed by atoms with Gasteiger partial charge in [-0.25, -0.2) is 4.39 Å². The van der Waals surface area contributed by atoms with Crippen LogP contribution in [0.4, 0.5) is 4.39 Å². The first-order chi connectivity index (χ1) is 18.3. The van der Waals surface area contributed by atoms with E-state index in [1.54, 1.807) is 11.6 Å². The van der Waals surface area contributed by atoms with E-state index in [9.17, 15) is 14.0 Å². The van der Waals surface area contributed by atoms with E-state index in [4.69, 9.17) is 0 Å². The van der Waals surface area contributed by atoms with Crippen LogP contribution >= 0.6 is 0 Å². The number of rotatable bonds is 6. The zero-order chi connectivity index (χ0) is 26.8. The SMILES string of the molecule is Cc1ccc(C(=O)N2CCC(c3ccc(-c4cnn(C)c4)cc3)CC2)cc1CC(=O)c1ccc(F)cc1C. The van der Waals surface area contributed by atoms with Gasteiger partial charge in [-0.15, -0.1) is 0 Å². The third-order valence-corrected chi connectivity index (χ3v) is 7.64. The summed E-state index contributed by atoms with van der Waals surface area (Å²) in [6.45, 7) is 5.08. The number of benzene rings is 3. The van der Waals surface area contributed by atoms with E-state index in [0.717, 1.165) is 35.1 Å². The largest absolute Gasteiger partial charge is 0.339 e. The summed E-state index contributed by atoms with van der Waals surface area (Å²) in [4.78, 5) is 28.2. The summed E-state index contributed by atoms with van der Waals surface area (Å²) in [5.74, 6) is -0.00640. The fourth-order valence-corrected chi connectivity index (χ4v) is 5.32. The predicted octanol–water partition coefficient (Wildman–Crippen LogP) is 6.29. The van der Waals surface area contributed by atoms with Gasteiger partial charge in [0.1, 0.15) is 5.82 Å². The molecule has 5 nitrogen and oxygen atoms in total. The van der Waals surface area contributed by atoms with E-state index in [2.05, 4.69) is 29.4 Å². The number of carbonyl (C=O) groups is 2. The fourth-order valence-electron chi connectivity index (χ4n) is 5.32. The van der Waals surface area contributed by atoms with Gasteiger partial charge in [0.2, 0.25) is 0 Å². The molecule has 0 atom stereocenters. The molecule has 1 aromatic heterocycles. The number of carbonyl (C=O) groups excluding carboxylic acids is 2. The molecule has 1 fully saturated rings. The number of halogens is 1. The van der Waals surface area contributed by atoms with Crippen molar-refractivity contribution < 1.29 is 14.0 Å². The highest BCUT2D eigenvalue weighted by molar-refractivity contribution is 5.99. The molecular formula is C32H32FN3O2. The summed E-state index contributed by atoms with van der Waals surface area (Å²) in [5, 5.41) is 4.25. The van der Waals surface area contributed by atoms with Gasteiger partial charge < -0.3 is 4.90 Å². The van der Waals surface area contributed by atoms with Crippen molar-refractivity contribution in [1.29, 1.82) is 0 Å². The number of hydrogen-bond acceptors (Lipinski definition) is 3. The van der Waals surface area contributed by atoms with Crippen molar-refractivity contribution >= 4 is 11.7 Å². The lowest BCUT2D eigenvalue weighted by Gasteiger charge is -2.32. The maximum absolute atomic E-state index is 13.5. The predicted molar refractivity (Wildman–Crippen MR) is 147 cm³/mol. The van der Waals surface area contributed by atoms with E-state index >= 15 is 0 Å². The molecule has 0 aliphatic carbocycles. The van der Waals surface area contributed by atoms with Gasteiger partial charge in [0, 0.05) is 49.4 Å². The molecule has 1 aliphatic rings. The molecule has 0 N–H and O–H groups in total. The highest BCUT2D eigenvalue weighted by Crippen LogP contribution is 2.30. The highest BCUT2D eigenvalue weighted by atomic mass is 19.1. The number of Topliss-reactive ketones (excluding diaryl/α,β-unsaturated/α-hetero) is 1. The summed E-state index contributed by atoms with van der Waals surface area (Å²) in [7, 11) is 1.92. The van der Waals surface area contributed by atoms with Crippen molar-refractivity contribution in [1.82, 2.24) is 14.7 Å². The number of amides is 1. The van der Waals surface area contributed by atoms with Gasteiger partial charge in [0.25, 0.3) is 5.91 Å². The Morgan fingerprint density at radius 1 is 0.921 bits per heavy atom. The van der Waals surface area contributed by atoms with Crippen LogP contribution in [0.2, 0.25) is 0 Å². The number of nitrogens with zero attached hydrogens (tertiary/aromatic N) is 3. The molecule has 5 rings (SSSR count). The van der Waals surface area contributed by atoms with Gasteiger partial charge in [0.15, 0.2) is 5.78 Å². The first kappa shape index (κ1) is 25.6. The van der Waals surface area contributed by atoms with Crippen LogP contribution in [0.25, 0.3) is 11.1 Å². The number of hydrogen-bond donors (Lipinski definition) is 0.